The molecule has 142 valence electrons. The number of hydrogen-bond donors (Lipinski definition) is 2. The number of guanidine groups is 1. The van der Waals surface area contributed by atoms with Crippen LogP contribution < -0.4 is 15.8 Å². The van der Waals surface area contributed by atoms with E-state index in [9.17, 15) is 8.78 Å². The van der Waals surface area contributed by atoms with Gasteiger partial charge >= 0.3 is 6.61 Å². The standard InChI is InChI=1S/C16H23ClF2N4O.HI/c1-2-23-7-3-4-13(23)10-22-16(20)21-9-11-8-12(17)5-6-14(11)24-15(18)19;/h5-6,8,13,15H,2-4,7,9-10H2,1H3,(H3,20,21,22);1H. The highest BCUT2D eigenvalue weighted by Gasteiger charge is 2.22. The van der Waals surface area contributed by atoms with Gasteiger partial charge in [-0.25, -0.2) is 4.99 Å². The van der Waals surface area contributed by atoms with Crippen LogP contribution >= 0.6 is 35.6 Å². The van der Waals surface area contributed by atoms with Gasteiger partial charge in [0, 0.05) is 23.2 Å². The molecular weight excluding hydrogens is 465 g/mol. The third-order valence-corrected chi connectivity index (χ3v) is 4.32. The molecule has 0 radical (unpaired) electrons. The second-order valence-electron chi connectivity index (χ2n) is 5.64. The van der Waals surface area contributed by atoms with Crippen molar-refractivity contribution < 1.29 is 13.5 Å². The summed E-state index contributed by atoms with van der Waals surface area (Å²) in [5, 5.41) is 3.53. The molecular formula is C16H24ClF2IN4O. The monoisotopic (exact) mass is 488 g/mol. The Kier molecular flexibility index (Phi) is 9.73. The number of nitrogens with zero attached hydrogens (tertiary/aromatic N) is 2. The number of ether oxygens (including phenoxy) is 1. The lowest BCUT2D eigenvalue weighted by atomic mass is 10.2. The SMILES string of the molecule is CCN1CCCC1CNC(N)=NCc1cc(Cl)ccc1OC(F)F.I. The van der Waals surface area contributed by atoms with Gasteiger partial charge in [0.1, 0.15) is 5.75 Å². The zero-order valence-electron chi connectivity index (χ0n) is 14.1. The number of likely N-dealkylation sites (N-methyl/N-ethyl adjacent to an activating group) is 1. The minimum Gasteiger partial charge on any atom is -0.434 e. The molecule has 0 spiro atoms. The Balaban J connectivity index is 0.00000312. The van der Waals surface area contributed by atoms with Gasteiger partial charge in [-0.05, 0) is 44.1 Å². The molecule has 1 atom stereocenters. The van der Waals surface area contributed by atoms with Crippen LogP contribution in [-0.4, -0.2) is 43.1 Å². The predicted octanol–water partition coefficient (Wildman–Crippen LogP) is 3.45. The topological polar surface area (TPSA) is 62.9 Å². The van der Waals surface area contributed by atoms with Crippen LogP contribution in [0.5, 0.6) is 5.75 Å². The van der Waals surface area contributed by atoms with E-state index in [4.69, 9.17) is 17.3 Å². The quantitative estimate of drug-likeness (QED) is 0.351. The average Bonchev–Trinajstić information content (AvgIpc) is 3.00. The number of nitrogens with two attached hydrogens (primary N) is 1. The number of likely N-dealkylation sites (tertiary alicyclic amines) is 1. The molecule has 25 heavy (non-hydrogen) atoms. The first-order valence-electron chi connectivity index (χ1n) is 8.00. The molecule has 0 bridgehead atoms. The summed E-state index contributed by atoms with van der Waals surface area (Å²) in [5.74, 6) is 0.333. The van der Waals surface area contributed by atoms with Gasteiger partial charge in [-0.1, -0.05) is 18.5 Å². The van der Waals surface area contributed by atoms with Crippen LogP contribution in [0, 0.1) is 0 Å². The van der Waals surface area contributed by atoms with E-state index in [1.165, 1.54) is 18.6 Å². The van der Waals surface area contributed by atoms with Crippen LogP contribution in [0.25, 0.3) is 0 Å². The maximum Gasteiger partial charge on any atom is 0.387 e. The number of hydrogen-bond acceptors (Lipinski definition) is 3. The molecule has 2 rings (SSSR count). The van der Waals surface area contributed by atoms with Crippen LogP contribution in [0.1, 0.15) is 25.3 Å². The van der Waals surface area contributed by atoms with Crippen molar-refractivity contribution in [1.29, 1.82) is 0 Å². The Bertz CT molecular complexity index is 577. The Morgan fingerprint density at radius 2 is 2.28 bits per heavy atom. The molecule has 0 saturated carbocycles. The Hall–Kier alpha value is -0.870. The summed E-state index contributed by atoms with van der Waals surface area (Å²) in [6.45, 7) is 2.20. The van der Waals surface area contributed by atoms with Gasteiger partial charge < -0.3 is 15.8 Å². The molecule has 0 amide bonds. The molecule has 5 nitrogen and oxygen atoms in total. The zero-order valence-corrected chi connectivity index (χ0v) is 17.1. The van der Waals surface area contributed by atoms with E-state index in [1.54, 1.807) is 6.07 Å². The summed E-state index contributed by atoms with van der Waals surface area (Å²) < 4.78 is 29.3. The third-order valence-electron chi connectivity index (χ3n) is 4.08. The number of benzene rings is 1. The second kappa shape index (κ2) is 11.0. The smallest absolute Gasteiger partial charge is 0.387 e. The van der Waals surface area contributed by atoms with Crippen molar-refractivity contribution >= 4 is 41.5 Å². The molecule has 1 aromatic rings. The van der Waals surface area contributed by atoms with E-state index in [-0.39, 0.29) is 42.2 Å². The highest BCUT2D eigenvalue weighted by atomic mass is 127. The molecule has 1 fully saturated rings. The summed E-state index contributed by atoms with van der Waals surface area (Å²) >= 11 is 5.90. The van der Waals surface area contributed by atoms with Crippen molar-refractivity contribution in [2.45, 2.75) is 39.0 Å². The van der Waals surface area contributed by atoms with E-state index in [1.807, 2.05) is 0 Å². The highest BCUT2D eigenvalue weighted by Crippen LogP contribution is 2.25. The molecule has 9 heteroatoms. The minimum atomic E-state index is -2.90. The van der Waals surface area contributed by atoms with Gasteiger partial charge in [0.25, 0.3) is 0 Å². The van der Waals surface area contributed by atoms with E-state index in [2.05, 4.69) is 26.9 Å². The lowest BCUT2D eigenvalue weighted by Crippen LogP contribution is -2.42. The van der Waals surface area contributed by atoms with Crippen molar-refractivity contribution in [2.75, 3.05) is 19.6 Å². The minimum absolute atomic E-state index is 0. The second-order valence-corrected chi connectivity index (χ2v) is 6.07. The van der Waals surface area contributed by atoms with Gasteiger partial charge in [-0.3, -0.25) is 4.90 Å². The van der Waals surface area contributed by atoms with E-state index < -0.39 is 6.61 Å². The van der Waals surface area contributed by atoms with E-state index in [0.717, 1.165) is 26.1 Å². The van der Waals surface area contributed by atoms with Gasteiger partial charge in [0.15, 0.2) is 5.96 Å². The number of rotatable bonds is 7. The van der Waals surface area contributed by atoms with Gasteiger partial charge in [-0.2, -0.15) is 8.78 Å². The lowest BCUT2D eigenvalue weighted by molar-refractivity contribution is -0.0504. The van der Waals surface area contributed by atoms with Crippen LogP contribution in [-0.2, 0) is 6.54 Å². The van der Waals surface area contributed by atoms with Gasteiger partial charge in [0.05, 0.1) is 6.54 Å². The maximum absolute atomic E-state index is 12.4. The van der Waals surface area contributed by atoms with Gasteiger partial charge in [-0.15, -0.1) is 24.0 Å². The summed E-state index contributed by atoms with van der Waals surface area (Å²) in [4.78, 5) is 6.59. The van der Waals surface area contributed by atoms with Crippen LogP contribution in [0.15, 0.2) is 23.2 Å². The van der Waals surface area contributed by atoms with Crippen molar-refractivity contribution in [3.05, 3.63) is 28.8 Å². The molecule has 1 unspecified atom stereocenters. The van der Waals surface area contributed by atoms with Crippen molar-refractivity contribution in [2.24, 2.45) is 10.7 Å². The Labute approximate surface area is 169 Å². The van der Waals surface area contributed by atoms with Crippen LogP contribution in [0.3, 0.4) is 0 Å². The molecule has 1 heterocycles. The molecule has 1 saturated heterocycles. The largest absolute Gasteiger partial charge is 0.434 e. The summed E-state index contributed by atoms with van der Waals surface area (Å²) in [6, 6.07) is 4.90. The normalized spacial score (nSPS) is 18.3. The molecule has 0 aromatic heterocycles. The Morgan fingerprint density at radius 1 is 1.52 bits per heavy atom. The number of aliphatic imine (C=N–C) groups is 1. The molecule has 1 aliphatic rings. The molecule has 0 aliphatic carbocycles. The predicted molar refractivity (Wildman–Crippen MR) is 107 cm³/mol. The summed E-state index contributed by atoms with van der Waals surface area (Å²) in [7, 11) is 0. The molecule has 3 N–H and O–H groups in total. The number of alkyl halides is 2. The fraction of sp³-hybridized carbons (Fsp3) is 0.562. The zero-order chi connectivity index (χ0) is 17.5. The first kappa shape index (κ1) is 22.2. The summed E-state index contributed by atoms with van der Waals surface area (Å²) in [5.41, 5.74) is 6.34. The lowest BCUT2D eigenvalue weighted by Gasteiger charge is -2.23. The number of halogens is 4. The van der Waals surface area contributed by atoms with Crippen molar-refractivity contribution in [3.63, 3.8) is 0 Å². The third kappa shape index (κ3) is 7.10. The fourth-order valence-electron chi connectivity index (χ4n) is 2.87. The maximum atomic E-state index is 12.4. The van der Waals surface area contributed by atoms with Crippen molar-refractivity contribution in [1.82, 2.24) is 10.2 Å². The first-order chi connectivity index (χ1) is 11.5. The van der Waals surface area contributed by atoms with Gasteiger partial charge in [0.2, 0.25) is 0 Å². The van der Waals surface area contributed by atoms with E-state index >= 15 is 0 Å². The first-order valence-corrected chi connectivity index (χ1v) is 8.38. The fourth-order valence-corrected chi connectivity index (χ4v) is 3.07. The number of nitrogens with one attached hydrogen (secondary N) is 1. The van der Waals surface area contributed by atoms with E-state index in [0.29, 0.717) is 16.6 Å². The Morgan fingerprint density at radius 3 is 2.96 bits per heavy atom. The molecule has 1 aromatic carbocycles. The average molecular weight is 489 g/mol. The highest BCUT2D eigenvalue weighted by molar-refractivity contribution is 14.0. The summed E-state index contributed by atoms with van der Waals surface area (Å²) in [6.07, 6.45) is 2.32. The molecule has 1 aliphatic heterocycles. The van der Waals surface area contributed by atoms with Crippen LogP contribution in [0.4, 0.5) is 8.78 Å². The van der Waals surface area contributed by atoms with Crippen molar-refractivity contribution in [3.8, 4) is 5.75 Å². The van der Waals surface area contributed by atoms with Crippen LogP contribution in [0.2, 0.25) is 5.02 Å².